The van der Waals surface area contributed by atoms with Crippen LogP contribution in [0.1, 0.15) is 25.0 Å². The number of ether oxygens (including phenoxy) is 1. The molecule has 1 aromatic rings. The van der Waals surface area contributed by atoms with Crippen molar-refractivity contribution in [1.82, 2.24) is 10.5 Å². The predicted octanol–water partition coefficient (Wildman–Crippen LogP) is 0.854. The number of rotatable bonds is 7. The maximum absolute atomic E-state index is 12.2. The molecule has 0 unspecified atom stereocenters. The summed E-state index contributed by atoms with van der Waals surface area (Å²) in [5.41, 5.74) is -0.945. The minimum Gasteiger partial charge on any atom is -0.385 e. The van der Waals surface area contributed by atoms with Crippen molar-refractivity contribution in [3.63, 3.8) is 0 Å². The lowest BCUT2D eigenvalue weighted by atomic mass is 10.1. The molecule has 1 aromatic heterocycles. The van der Waals surface area contributed by atoms with Gasteiger partial charge in [0.05, 0.1) is 0 Å². The second-order valence-corrected chi connectivity index (χ2v) is 4.96. The Kier molecular flexibility index (Phi) is 4.39. The molecule has 1 fully saturated rings. The van der Waals surface area contributed by atoms with Crippen LogP contribution in [0.5, 0.6) is 0 Å². The second-order valence-electron chi connectivity index (χ2n) is 4.96. The summed E-state index contributed by atoms with van der Waals surface area (Å²) in [6.45, 7) is 2.82. The molecule has 0 aromatic carbocycles. The van der Waals surface area contributed by atoms with Crippen molar-refractivity contribution in [2.45, 2.75) is 26.2 Å². The van der Waals surface area contributed by atoms with Crippen LogP contribution in [0.3, 0.4) is 0 Å². The quantitative estimate of drug-likeness (QED) is 0.571. The van der Waals surface area contributed by atoms with Crippen LogP contribution in [0.4, 0.5) is 5.82 Å². The van der Waals surface area contributed by atoms with E-state index in [1.807, 2.05) is 0 Å². The molecular weight excluding hydrogens is 262 g/mol. The summed E-state index contributed by atoms with van der Waals surface area (Å²) in [5, 5.41) is 9.07. The molecule has 1 aliphatic carbocycles. The molecule has 7 heteroatoms. The third-order valence-electron chi connectivity index (χ3n) is 3.30. The Balaban J connectivity index is 1.86. The van der Waals surface area contributed by atoms with Gasteiger partial charge in [0.2, 0.25) is 11.8 Å². The average Bonchev–Trinajstić information content (AvgIpc) is 3.14. The molecule has 0 atom stereocenters. The van der Waals surface area contributed by atoms with E-state index in [2.05, 4.69) is 15.8 Å². The normalized spacial score (nSPS) is 15.7. The van der Waals surface area contributed by atoms with Gasteiger partial charge in [0, 0.05) is 26.3 Å². The van der Waals surface area contributed by atoms with Crippen molar-refractivity contribution in [2.24, 2.45) is 5.41 Å². The lowest BCUT2D eigenvalue weighted by molar-refractivity contribution is -0.134. The molecule has 0 saturated heterocycles. The summed E-state index contributed by atoms with van der Waals surface area (Å²) in [6.07, 6.45) is 1.85. The van der Waals surface area contributed by atoms with Crippen LogP contribution in [0, 0.1) is 12.3 Å². The first-order chi connectivity index (χ1) is 9.58. The van der Waals surface area contributed by atoms with E-state index in [-0.39, 0.29) is 11.8 Å². The van der Waals surface area contributed by atoms with Crippen molar-refractivity contribution < 1.29 is 18.8 Å². The van der Waals surface area contributed by atoms with E-state index in [0.29, 0.717) is 37.6 Å². The van der Waals surface area contributed by atoms with Gasteiger partial charge in [0.15, 0.2) is 5.82 Å². The van der Waals surface area contributed by atoms with Gasteiger partial charge in [0.25, 0.3) is 0 Å². The van der Waals surface area contributed by atoms with Crippen molar-refractivity contribution in [3.8, 4) is 0 Å². The van der Waals surface area contributed by atoms with Crippen molar-refractivity contribution in [1.29, 1.82) is 0 Å². The lowest BCUT2D eigenvalue weighted by Crippen LogP contribution is -2.40. The van der Waals surface area contributed by atoms with Crippen LogP contribution < -0.4 is 10.6 Å². The Bertz CT molecular complexity index is 494. The van der Waals surface area contributed by atoms with E-state index in [1.54, 1.807) is 20.1 Å². The highest BCUT2D eigenvalue weighted by atomic mass is 16.5. The van der Waals surface area contributed by atoms with E-state index in [1.165, 1.54) is 0 Å². The summed E-state index contributed by atoms with van der Waals surface area (Å²) >= 11 is 0. The van der Waals surface area contributed by atoms with E-state index < -0.39 is 5.41 Å². The zero-order chi connectivity index (χ0) is 14.6. The van der Waals surface area contributed by atoms with Crippen LogP contribution in [0.25, 0.3) is 0 Å². The molecule has 2 N–H and O–H groups in total. The summed E-state index contributed by atoms with van der Waals surface area (Å²) in [4.78, 5) is 24.2. The molecule has 20 heavy (non-hydrogen) atoms. The number of carbonyl (C=O) groups excluding carboxylic acids is 2. The fourth-order valence-corrected chi connectivity index (χ4v) is 1.93. The van der Waals surface area contributed by atoms with Crippen LogP contribution in [-0.2, 0) is 14.3 Å². The Morgan fingerprint density at radius 3 is 2.75 bits per heavy atom. The highest BCUT2D eigenvalue weighted by Crippen LogP contribution is 2.46. The number of anilines is 1. The SMILES string of the molecule is COCCCNC(=O)C1(C(=O)Nc2cc(C)on2)CC1. The first-order valence-corrected chi connectivity index (χ1v) is 6.60. The van der Waals surface area contributed by atoms with Gasteiger partial charge in [-0.15, -0.1) is 0 Å². The molecule has 1 aliphatic rings. The second kappa shape index (κ2) is 6.04. The van der Waals surface area contributed by atoms with Gasteiger partial charge in [0.1, 0.15) is 11.2 Å². The molecule has 2 rings (SSSR count). The minimum absolute atomic E-state index is 0.230. The Labute approximate surface area is 117 Å². The number of nitrogens with zero attached hydrogens (tertiary/aromatic N) is 1. The van der Waals surface area contributed by atoms with Gasteiger partial charge in [-0.1, -0.05) is 5.16 Å². The van der Waals surface area contributed by atoms with Crippen molar-refractivity contribution >= 4 is 17.6 Å². The maximum atomic E-state index is 12.2. The monoisotopic (exact) mass is 281 g/mol. The number of methoxy groups -OCH3 is 1. The molecule has 0 aliphatic heterocycles. The summed E-state index contributed by atoms with van der Waals surface area (Å²) in [6, 6.07) is 1.62. The third kappa shape index (κ3) is 3.16. The minimum atomic E-state index is -0.945. The van der Waals surface area contributed by atoms with E-state index in [4.69, 9.17) is 9.26 Å². The first kappa shape index (κ1) is 14.5. The van der Waals surface area contributed by atoms with Crippen LogP contribution in [-0.4, -0.2) is 37.2 Å². The van der Waals surface area contributed by atoms with Gasteiger partial charge < -0.3 is 19.9 Å². The van der Waals surface area contributed by atoms with E-state index >= 15 is 0 Å². The molecule has 1 saturated carbocycles. The number of hydrogen-bond donors (Lipinski definition) is 2. The first-order valence-electron chi connectivity index (χ1n) is 6.60. The maximum Gasteiger partial charge on any atom is 0.241 e. The standard InChI is InChI=1S/C13H19N3O4/c1-9-8-10(16-20-9)15-12(18)13(4-5-13)11(17)14-6-3-7-19-2/h8H,3-7H2,1-2H3,(H,14,17)(H,15,16,18). The molecule has 110 valence electrons. The zero-order valence-corrected chi connectivity index (χ0v) is 11.7. The van der Waals surface area contributed by atoms with Gasteiger partial charge in [-0.05, 0) is 26.2 Å². The molecule has 0 radical (unpaired) electrons. The largest absolute Gasteiger partial charge is 0.385 e. The number of aromatic nitrogens is 1. The van der Waals surface area contributed by atoms with Crippen LogP contribution in [0.15, 0.2) is 10.6 Å². The van der Waals surface area contributed by atoms with Crippen LogP contribution in [0.2, 0.25) is 0 Å². The number of carbonyl (C=O) groups is 2. The molecule has 0 spiro atoms. The zero-order valence-electron chi connectivity index (χ0n) is 11.7. The molecular formula is C13H19N3O4. The van der Waals surface area contributed by atoms with Gasteiger partial charge in [-0.3, -0.25) is 9.59 Å². The van der Waals surface area contributed by atoms with E-state index in [0.717, 1.165) is 6.42 Å². The fraction of sp³-hybridized carbons (Fsp3) is 0.615. The van der Waals surface area contributed by atoms with Gasteiger partial charge >= 0.3 is 0 Å². The third-order valence-corrected chi connectivity index (χ3v) is 3.30. The molecule has 2 amide bonds. The van der Waals surface area contributed by atoms with Crippen molar-refractivity contribution in [3.05, 3.63) is 11.8 Å². The van der Waals surface area contributed by atoms with Crippen LogP contribution >= 0.6 is 0 Å². The summed E-state index contributed by atoms with van der Waals surface area (Å²) in [5.74, 6) is 0.390. The summed E-state index contributed by atoms with van der Waals surface area (Å²) < 4.78 is 9.78. The number of amides is 2. The Morgan fingerprint density at radius 2 is 2.20 bits per heavy atom. The van der Waals surface area contributed by atoms with Gasteiger partial charge in [-0.2, -0.15) is 0 Å². The molecule has 7 nitrogen and oxygen atoms in total. The predicted molar refractivity (Wildman–Crippen MR) is 71.0 cm³/mol. The number of hydrogen-bond acceptors (Lipinski definition) is 5. The molecule has 0 bridgehead atoms. The molecule has 1 heterocycles. The van der Waals surface area contributed by atoms with E-state index in [9.17, 15) is 9.59 Å². The Morgan fingerprint density at radius 1 is 1.45 bits per heavy atom. The highest BCUT2D eigenvalue weighted by molar-refractivity contribution is 6.12. The Hall–Kier alpha value is -1.89. The highest BCUT2D eigenvalue weighted by Gasteiger charge is 2.56. The fourth-order valence-electron chi connectivity index (χ4n) is 1.93. The average molecular weight is 281 g/mol. The topological polar surface area (TPSA) is 93.5 Å². The van der Waals surface area contributed by atoms with Gasteiger partial charge in [-0.25, -0.2) is 0 Å². The van der Waals surface area contributed by atoms with Crippen molar-refractivity contribution in [2.75, 3.05) is 25.6 Å². The smallest absolute Gasteiger partial charge is 0.241 e. The number of aryl methyl sites for hydroxylation is 1. The lowest BCUT2D eigenvalue weighted by Gasteiger charge is -2.14. The summed E-state index contributed by atoms with van der Waals surface area (Å²) in [7, 11) is 1.61. The number of nitrogens with one attached hydrogen (secondary N) is 2.